The highest BCUT2D eigenvalue weighted by molar-refractivity contribution is 6.20. The summed E-state index contributed by atoms with van der Waals surface area (Å²) in [5.41, 5.74) is -0.889. The van der Waals surface area contributed by atoms with Crippen molar-refractivity contribution in [3.63, 3.8) is 0 Å². The van der Waals surface area contributed by atoms with E-state index in [2.05, 4.69) is 10.3 Å². The Hall–Kier alpha value is -0.970. The first-order valence-electron chi connectivity index (χ1n) is 5.35. The molecule has 0 saturated carbocycles. The summed E-state index contributed by atoms with van der Waals surface area (Å²) in [5.74, 6) is 0.222. The fourth-order valence-electron chi connectivity index (χ4n) is 1.25. The number of rotatable bonds is 5. The van der Waals surface area contributed by atoms with E-state index in [1.807, 2.05) is 6.92 Å². The van der Waals surface area contributed by atoms with Gasteiger partial charge in [-0.1, -0.05) is 13.0 Å². The van der Waals surface area contributed by atoms with Crippen LogP contribution in [0.5, 0.6) is 0 Å². The van der Waals surface area contributed by atoms with Gasteiger partial charge in [-0.2, -0.15) is 13.2 Å². The molecule has 0 aliphatic heterocycles. The molecule has 1 unspecified atom stereocenters. The lowest BCUT2D eigenvalue weighted by molar-refractivity contribution is -0.141. The third-order valence-corrected chi connectivity index (χ3v) is 2.77. The summed E-state index contributed by atoms with van der Waals surface area (Å²) in [6.45, 7) is 2.47. The van der Waals surface area contributed by atoms with Crippen LogP contribution in [0.4, 0.5) is 19.0 Å². The Morgan fingerprint density at radius 3 is 2.71 bits per heavy atom. The minimum absolute atomic E-state index is 0.0355. The standard InChI is InChI=1S/C11H14ClF3N2/c1-2-8(12)6-7-16-10-5-3-4-9(17-10)11(13,14)15/h3-5,8H,2,6-7H2,1H3,(H,16,17). The summed E-state index contributed by atoms with van der Waals surface area (Å²) in [5, 5.41) is 2.86. The van der Waals surface area contributed by atoms with Crippen molar-refractivity contribution in [3.05, 3.63) is 23.9 Å². The largest absolute Gasteiger partial charge is 0.433 e. The normalized spacial score (nSPS) is 13.5. The van der Waals surface area contributed by atoms with Gasteiger partial charge in [0.1, 0.15) is 11.5 Å². The van der Waals surface area contributed by atoms with Gasteiger partial charge in [0.25, 0.3) is 0 Å². The first-order chi connectivity index (χ1) is 7.93. The molecule has 17 heavy (non-hydrogen) atoms. The van der Waals surface area contributed by atoms with Crippen LogP contribution in [0.15, 0.2) is 18.2 Å². The molecule has 0 fully saturated rings. The Bertz CT molecular complexity index is 355. The van der Waals surface area contributed by atoms with Crippen molar-refractivity contribution < 1.29 is 13.2 Å². The number of nitrogens with zero attached hydrogens (tertiary/aromatic N) is 1. The van der Waals surface area contributed by atoms with Crippen LogP contribution in [0, 0.1) is 0 Å². The van der Waals surface area contributed by atoms with Gasteiger partial charge >= 0.3 is 6.18 Å². The maximum atomic E-state index is 12.4. The van der Waals surface area contributed by atoms with E-state index >= 15 is 0 Å². The minimum atomic E-state index is -4.41. The SMILES string of the molecule is CCC(Cl)CCNc1cccc(C(F)(F)F)n1. The second kappa shape index (κ2) is 6.10. The molecule has 0 amide bonds. The van der Waals surface area contributed by atoms with E-state index in [1.54, 1.807) is 0 Å². The van der Waals surface area contributed by atoms with Crippen LogP contribution >= 0.6 is 11.6 Å². The first-order valence-corrected chi connectivity index (χ1v) is 5.79. The molecule has 0 radical (unpaired) electrons. The Labute approximate surface area is 103 Å². The lowest BCUT2D eigenvalue weighted by Crippen LogP contribution is -2.12. The second-order valence-electron chi connectivity index (χ2n) is 3.63. The van der Waals surface area contributed by atoms with E-state index < -0.39 is 11.9 Å². The molecule has 1 N–H and O–H groups in total. The van der Waals surface area contributed by atoms with Crippen LogP contribution in [0.25, 0.3) is 0 Å². The van der Waals surface area contributed by atoms with E-state index in [4.69, 9.17) is 11.6 Å². The van der Waals surface area contributed by atoms with Gasteiger partial charge in [-0.25, -0.2) is 4.98 Å². The summed E-state index contributed by atoms with van der Waals surface area (Å²) in [6.07, 6.45) is -2.88. The van der Waals surface area contributed by atoms with Gasteiger partial charge in [-0.15, -0.1) is 11.6 Å². The lowest BCUT2D eigenvalue weighted by Gasteiger charge is -2.10. The second-order valence-corrected chi connectivity index (χ2v) is 4.24. The van der Waals surface area contributed by atoms with E-state index in [-0.39, 0.29) is 11.2 Å². The predicted octanol–water partition coefficient (Wildman–Crippen LogP) is 3.92. The van der Waals surface area contributed by atoms with Gasteiger partial charge < -0.3 is 5.32 Å². The Kier molecular flexibility index (Phi) is 5.05. The average Bonchev–Trinajstić information content (AvgIpc) is 2.28. The average molecular weight is 267 g/mol. The number of alkyl halides is 4. The molecule has 1 aromatic heterocycles. The third kappa shape index (κ3) is 4.81. The minimum Gasteiger partial charge on any atom is -0.370 e. The van der Waals surface area contributed by atoms with Gasteiger partial charge in [0.2, 0.25) is 0 Å². The molecule has 1 aromatic rings. The Morgan fingerprint density at radius 1 is 1.41 bits per heavy atom. The molecule has 96 valence electrons. The van der Waals surface area contributed by atoms with Crippen LogP contribution in [0.3, 0.4) is 0 Å². The van der Waals surface area contributed by atoms with Crippen molar-refractivity contribution in [1.82, 2.24) is 4.98 Å². The van der Waals surface area contributed by atoms with E-state index in [1.165, 1.54) is 12.1 Å². The van der Waals surface area contributed by atoms with Crippen LogP contribution < -0.4 is 5.32 Å². The number of anilines is 1. The molecule has 0 bridgehead atoms. The third-order valence-electron chi connectivity index (χ3n) is 2.25. The van der Waals surface area contributed by atoms with Crippen LogP contribution in [-0.4, -0.2) is 16.9 Å². The van der Waals surface area contributed by atoms with Gasteiger partial charge in [0, 0.05) is 11.9 Å². The van der Waals surface area contributed by atoms with Gasteiger partial charge in [0.15, 0.2) is 0 Å². The van der Waals surface area contributed by atoms with Gasteiger partial charge in [-0.3, -0.25) is 0 Å². The summed E-state index contributed by atoms with van der Waals surface area (Å²) >= 11 is 5.89. The molecular formula is C11H14ClF3N2. The topological polar surface area (TPSA) is 24.9 Å². The van der Waals surface area contributed by atoms with Crippen LogP contribution in [0.2, 0.25) is 0 Å². The number of aromatic nitrogens is 1. The highest BCUT2D eigenvalue weighted by Gasteiger charge is 2.32. The number of hydrogen-bond donors (Lipinski definition) is 1. The van der Waals surface area contributed by atoms with Crippen molar-refractivity contribution in [2.45, 2.75) is 31.3 Å². The zero-order chi connectivity index (χ0) is 12.9. The summed E-state index contributed by atoms with van der Waals surface area (Å²) in [6, 6.07) is 3.78. The zero-order valence-electron chi connectivity index (χ0n) is 9.39. The number of nitrogens with one attached hydrogen (secondary N) is 1. The molecule has 0 spiro atoms. The van der Waals surface area contributed by atoms with Crippen molar-refractivity contribution in [1.29, 1.82) is 0 Å². The number of pyridine rings is 1. The number of hydrogen-bond acceptors (Lipinski definition) is 2. The van der Waals surface area contributed by atoms with Crippen molar-refractivity contribution in [2.75, 3.05) is 11.9 Å². The maximum Gasteiger partial charge on any atom is 0.433 e. The molecule has 0 aliphatic carbocycles. The number of halogens is 4. The van der Waals surface area contributed by atoms with Crippen LogP contribution in [0.1, 0.15) is 25.5 Å². The summed E-state index contributed by atoms with van der Waals surface area (Å²) in [4.78, 5) is 3.49. The van der Waals surface area contributed by atoms with Gasteiger partial charge in [0.05, 0.1) is 0 Å². The van der Waals surface area contributed by atoms with E-state index in [9.17, 15) is 13.2 Å². The molecule has 1 atom stereocenters. The smallest absolute Gasteiger partial charge is 0.370 e. The fourth-order valence-corrected chi connectivity index (χ4v) is 1.36. The Balaban J connectivity index is 2.55. The molecule has 0 aromatic carbocycles. The molecule has 6 heteroatoms. The lowest BCUT2D eigenvalue weighted by atomic mass is 10.2. The molecule has 2 nitrogen and oxygen atoms in total. The van der Waals surface area contributed by atoms with Gasteiger partial charge in [-0.05, 0) is 25.0 Å². The van der Waals surface area contributed by atoms with Crippen molar-refractivity contribution in [3.8, 4) is 0 Å². The monoisotopic (exact) mass is 266 g/mol. The van der Waals surface area contributed by atoms with Crippen molar-refractivity contribution in [2.24, 2.45) is 0 Å². The molecule has 1 heterocycles. The molecule has 0 saturated heterocycles. The molecule has 1 rings (SSSR count). The van der Waals surface area contributed by atoms with E-state index in [0.717, 1.165) is 12.5 Å². The van der Waals surface area contributed by atoms with E-state index in [0.29, 0.717) is 13.0 Å². The first kappa shape index (κ1) is 14.1. The fraction of sp³-hybridized carbons (Fsp3) is 0.545. The highest BCUT2D eigenvalue weighted by atomic mass is 35.5. The molecular weight excluding hydrogens is 253 g/mol. The predicted molar refractivity (Wildman–Crippen MR) is 62.3 cm³/mol. The van der Waals surface area contributed by atoms with Crippen molar-refractivity contribution >= 4 is 17.4 Å². The Morgan fingerprint density at radius 2 is 2.12 bits per heavy atom. The quantitative estimate of drug-likeness (QED) is 0.817. The maximum absolute atomic E-state index is 12.4. The summed E-state index contributed by atoms with van der Waals surface area (Å²) < 4.78 is 37.1. The zero-order valence-corrected chi connectivity index (χ0v) is 10.1. The molecule has 0 aliphatic rings. The summed E-state index contributed by atoms with van der Waals surface area (Å²) in [7, 11) is 0. The highest BCUT2D eigenvalue weighted by Crippen LogP contribution is 2.28. The van der Waals surface area contributed by atoms with Crippen LogP contribution in [-0.2, 0) is 6.18 Å².